The average molecular weight is 496 g/mol. The number of halogens is 2. The Kier molecular flexibility index (Phi) is 7.15. The molecule has 34 heavy (non-hydrogen) atoms. The van der Waals surface area contributed by atoms with Crippen LogP contribution in [0.25, 0.3) is 0 Å². The van der Waals surface area contributed by atoms with Crippen molar-refractivity contribution >= 4 is 18.8 Å². The Bertz CT molecular complexity index is 1250. The van der Waals surface area contributed by atoms with Gasteiger partial charge in [0.1, 0.15) is 22.9 Å². The molecule has 2 aromatic rings. The number of rotatable bonds is 7. The number of ketones is 1. The van der Waals surface area contributed by atoms with Crippen LogP contribution in [0.2, 0.25) is 0 Å². The third kappa shape index (κ3) is 4.98. The second-order valence-corrected chi connectivity index (χ2v) is 12.8. The van der Waals surface area contributed by atoms with Crippen molar-refractivity contribution < 1.29 is 32.8 Å². The van der Waals surface area contributed by atoms with Crippen molar-refractivity contribution in [3.8, 4) is 5.75 Å². The lowest BCUT2D eigenvalue weighted by Crippen LogP contribution is -2.50. The maximum absolute atomic E-state index is 13.8. The largest absolute Gasteiger partial charge is 0.503 e. The minimum Gasteiger partial charge on any atom is -0.503 e. The second kappa shape index (κ2) is 9.43. The van der Waals surface area contributed by atoms with Crippen LogP contribution in [0.1, 0.15) is 39.8 Å². The number of pyridine rings is 1. The predicted molar refractivity (Wildman–Crippen MR) is 122 cm³/mol. The number of fused-ring (bicyclic) bond motifs is 1. The normalized spacial score (nSPS) is 20.2. The van der Waals surface area contributed by atoms with E-state index in [-0.39, 0.29) is 36.9 Å². The quantitative estimate of drug-likeness (QED) is 0.570. The summed E-state index contributed by atoms with van der Waals surface area (Å²) in [5, 5.41) is 13.0. The minimum absolute atomic E-state index is 0.00608. The number of nitrogens with zero attached hydrogens (tertiary/aromatic N) is 1. The fourth-order valence-electron chi connectivity index (χ4n) is 4.04. The summed E-state index contributed by atoms with van der Waals surface area (Å²) in [7, 11) is -1.02. The molecule has 0 bridgehead atoms. The molecule has 0 saturated carbocycles. The highest BCUT2D eigenvalue weighted by molar-refractivity contribution is 7.62. The van der Waals surface area contributed by atoms with Gasteiger partial charge >= 0.3 is 0 Å². The van der Waals surface area contributed by atoms with Gasteiger partial charge < -0.3 is 24.3 Å². The SMILES string of the molecule is COC1Cn2cc(C(=O)NCc3ccc(F)cc3F)c(=O)c(O)c2C(=O)C1(C)CCP(C)(C)=O. The molecule has 1 aromatic heterocycles. The zero-order valence-electron chi connectivity index (χ0n) is 19.4. The van der Waals surface area contributed by atoms with E-state index in [1.807, 2.05) is 0 Å². The van der Waals surface area contributed by atoms with Gasteiger partial charge in [0.25, 0.3) is 5.91 Å². The summed E-state index contributed by atoms with van der Waals surface area (Å²) in [4.78, 5) is 38.8. The predicted octanol–water partition coefficient (Wildman–Crippen LogP) is 2.99. The van der Waals surface area contributed by atoms with Crippen molar-refractivity contribution in [2.45, 2.75) is 32.5 Å². The first-order valence-corrected chi connectivity index (χ1v) is 13.4. The number of amides is 1. The van der Waals surface area contributed by atoms with Crippen LogP contribution in [0.3, 0.4) is 0 Å². The number of benzene rings is 1. The van der Waals surface area contributed by atoms with Gasteiger partial charge in [0.15, 0.2) is 11.5 Å². The van der Waals surface area contributed by atoms with Crippen molar-refractivity contribution in [2.24, 2.45) is 5.41 Å². The Morgan fingerprint density at radius 3 is 2.59 bits per heavy atom. The van der Waals surface area contributed by atoms with E-state index in [1.165, 1.54) is 11.7 Å². The van der Waals surface area contributed by atoms with E-state index in [1.54, 1.807) is 20.3 Å². The van der Waals surface area contributed by atoms with Crippen LogP contribution in [0.4, 0.5) is 8.78 Å². The number of Topliss-reactive ketones (excluding diaryl/α,β-unsaturated/α-hetero) is 1. The summed E-state index contributed by atoms with van der Waals surface area (Å²) in [6.07, 6.45) is 1.00. The van der Waals surface area contributed by atoms with Crippen LogP contribution < -0.4 is 10.7 Å². The molecule has 1 aromatic carbocycles. The van der Waals surface area contributed by atoms with Gasteiger partial charge in [0.2, 0.25) is 5.43 Å². The average Bonchev–Trinajstić information content (AvgIpc) is 2.75. The summed E-state index contributed by atoms with van der Waals surface area (Å²) in [5.74, 6) is -3.94. The van der Waals surface area contributed by atoms with Gasteiger partial charge in [-0.1, -0.05) is 6.07 Å². The first kappa shape index (κ1) is 25.8. The standard InChI is InChI=1S/C23H27F2N2O6P/c1-23(7-8-34(3,4)32)17(33-2)12-27-11-15(19(28)20(29)18(27)21(23)30)22(31)26-10-13-5-6-14(24)9-16(13)25/h5-6,9,11,17,29H,7-8,10,12H2,1-4H3,(H,26,31). The first-order chi connectivity index (χ1) is 15.8. The third-order valence-electron chi connectivity index (χ3n) is 6.22. The number of hydrogen-bond acceptors (Lipinski definition) is 6. The molecule has 1 amide bonds. The molecule has 2 heterocycles. The molecule has 0 fully saturated rings. The lowest BCUT2D eigenvalue weighted by Gasteiger charge is -2.41. The van der Waals surface area contributed by atoms with Gasteiger partial charge in [-0.3, -0.25) is 14.4 Å². The molecule has 8 nitrogen and oxygen atoms in total. The van der Waals surface area contributed by atoms with Crippen LogP contribution in [-0.2, 0) is 22.4 Å². The zero-order valence-corrected chi connectivity index (χ0v) is 20.2. The number of hydrogen-bond donors (Lipinski definition) is 2. The van der Waals surface area contributed by atoms with Crippen molar-refractivity contribution in [3.63, 3.8) is 0 Å². The molecule has 0 radical (unpaired) electrons. The lowest BCUT2D eigenvalue weighted by atomic mass is 9.73. The molecule has 2 atom stereocenters. The highest BCUT2D eigenvalue weighted by Crippen LogP contribution is 2.45. The Balaban J connectivity index is 1.93. The molecule has 2 N–H and O–H groups in total. The van der Waals surface area contributed by atoms with E-state index >= 15 is 0 Å². The highest BCUT2D eigenvalue weighted by atomic mass is 31.2. The molecule has 2 unspecified atom stereocenters. The Morgan fingerprint density at radius 2 is 2.00 bits per heavy atom. The lowest BCUT2D eigenvalue weighted by molar-refractivity contribution is -0.0160. The summed E-state index contributed by atoms with van der Waals surface area (Å²) >= 11 is 0. The van der Waals surface area contributed by atoms with Gasteiger partial charge in [-0.15, -0.1) is 0 Å². The van der Waals surface area contributed by atoms with E-state index in [4.69, 9.17) is 4.74 Å². The van der Waals surface area contributed by atoms with Crippen LogP contribution >= 0.6 is 7.14 Å². The number of nitrogens with one attached hydrogen (secondary N) is 1. The monoisotopic (exact) mass is 496 g/mol. The van der Waals surface area contributed by atoms with Crippen molar-refractivity contribution in [1.82, 2.24) is 9.88 Å². The molecular weight excluding hydrogens is 469 g/mol. The highest BCUT2D eigenvalue weighted by Gasteiger charge is 2.48. The number of methoxy groups -OCH3 is 1. The summed E-state index contributed by atoms with van der Waals surface area (Å²) in [6.45, 7) is 4.61. The molecule has 0 saturated heterocycles. The summed E-state index contributed by atoms with van der Waals surface area (Å²) in [6, 6.07) is 2.87. The Hall–Kier alpha value is -2.84. The van der Waals surface area contributed by atoms with E-state index in [9.17, 15) is 32.8 Å². The van der Waals surface area contributed by atoms with Gasteiger partial charge in [-0.05, 0) is 32.7 Å². The number of carbonyl (C=O) groups is 2. The number of aromatic hydroxyl groups is 1. The van der Waals surface area contributed by atoms with Gasteiger partial charge in [-0.2, -0.15) is 0 Å². The topological polar surface area (TPSA) is 115 Å². The fourth-order valence-corrected chi connectivity index (χ4v) is 5.04. The van der Waals surface area contributed by atoms with Crippen LogP contribution in [0, 0.1) is 17.0 Å². The smallest absolute Gasteiger partial charge is 0.257 e. The molecule has 11 heteroatoms. The molecule has 1 aliphatic heterocycles. The van der Waals surface area contributed by atoms with Crippen molar-refractivity contribution in [2.75, 3.05) is 26.6 Å². The van der Waals surface area contributed by atoms with E-state index in [0.717, 1.165) is 18.3 Å². The van der Waals surface area contributed by atoms with Gasteiger partial charge in [0, 0.05) is 37.6 Å². The Morgan fingerprint density at radius 1 is 1.32 bits per heavy atom. The van der Waals surface area contributed by atoms with E-state index in [0.29, 0.717) is 6.07 Å². The molecule has 0 aliphatic carbocycles. The third-order valence-corrected chi connectivity index (χ3v) is 7.52. The summed E-state index contributed by atoms with van der Waals surface area (Å²) < 4.78 is 46.0. The maximum Gasteiger partial charge on any atom is 0.257 e. The van der Waals surface area contributed by atoms with Crippen molar-refractivity contribution in [3.05, 3.63) is 63.1 Å². The molecule has 184 valence electrons. The zero-order chi connectivity index (χ0) is 25.4. The first-order valence-electron chi connectivity index (χ1n) is 10.6. The van der Waals surface area contributed by atoms with Crippen molar-refractivity contribution in [1.29, 1.82) is 0 Å². The fraction of sp³-hybridized carbons (Fsp3) is 0.435. The molecule has 3 rings (SSSR count). The van der Waals surface area contributed by atoms with Gasteiger partial charge in [0.05, 0.1) is 25.2 Å². The molecule has 1 aliphatic rings. The number of aromatic nitrogens is 1. The molecular formula is C23H27F2N2O6P. The summed E-state index contributed by atoms with van der Waals surface area (Å²) in [5.41, 5.74) is -2.87. The van der Waals surface area contributed by atoms with E-state index in [2.05, 4.69) is 5.32 Å². The van der Waals surface area contributed by atoms with E-state index < -0.39 is 58.7 Å². The van der Waals surface area contributed by atoms with Crippen LogP contribution in [-0.4, -0.2) is 54.1 Å². The maximum atomic E-state index is 13.8. The molecule has 0 spiro atoms. The minimum atomic E-state index is -2.44. The van der Waals surface area contributed by atoms with Crippen LogP contribution in [0.5, 0.6) is 5.75 Å². The van der Waals surface area contributed by atoms with Crippen LogP contribution in [0.15, 0.2) is 29.2 Å². The Labute approximate surface area is 195 Å². The number of carbonyl (C=O) groups excluding carboxylic acids is 2. The second-order valence-electron chi connectivity index (χ2n) is 9.16. The number of ether oxygens (including phenoxy) is 1. The van der Waals surface area contributed by atoms with Gasteiger partial charge in [-0.25, -0.2) is 8.78 Å².